The Morgan fingerprint density at radius 3 is 2.70 bits per heavy atom. The number of Topliss-reactive ketones (excluding diaryl/α,β-unsaturated/α-hetero) is 1. The van der Waals surface area contributed by atoms with Gasteiger partial charge in [0.1, 0.15) is 11.9 Å². The molecule has 0 radical (unpaired) electrons. The van der Waals surface area contributed by atoms with Gasteiger partial charge in [0.15, 0.2) is 11.6 Å². The predicted octanol–water partition coefficient (Wildman–Crippen LogP) is 6.49. The summed E-state index contributed by atoms with van der Waals surface area (Å²) in [7, 11) is 0. The summed E-state index contributed by atoms with van der Waals surface area (Å²) in [6, 6.07) is 12.8. The van der Waals surface area contributed by atoms with E-state index in [0.29, 0.717) is 29.4 Å². The van der Waals surface area contributed by atoms with E-state index in [4.69, 9.17) is 9.97 Å². The van der Waals surface area contributed by atoms with Crippen LogP contribution >= 0.6 is 0 Å². The van der Waals surface area contributed by atoms with Gasteiger partial charge in [-0.2, -0.15) is 5.26 Å². The molecule has 0 spiro atoms. The molecule has 5 nitrogen and oxygen atoms in total. The molecule has 2 heterocycles. The average molecular weight is 493 g/mol. The van der Waals surface area contributed by atoms with Gasteiger partial charge in [0.05, 0.1) is 17.0 Å². The normalized spacial score (nSPS) is 24.6. The van der Waals surface area contributed by atoms with Gasteiger partial charge in [-0.15, -0.1) is 0 Å². The van der Waals surface area contributed by atoms with E-state index in [1.54, 1.807) is 18.3 Å². The summed E-state index contributed by atoms with van der Waals surface area (Å²) >= 11 is 0. The number of carbonyl (C=O) groups excluding carboxylic acids is 1. The highest BCUT2D eigenvalue weighted by Gasteiger charge is 2.51. The second kappa shape index (κ2) is 8.99. The number of fused-ring (bicyclic) bond motifs is 3. The summed E-state index contributed by atoms with van der Waals surface area (Å²) in [5.41, 5.74) is 4.22. The molecule has 1 saturated carbocycles. The lowest BCUT2D eigenvalue weighted by Crippen LogP contribution is -2.47. The number of rotatable bonds is 5. The Balaban J connectivity index is 1.61. The van der Waals surface area contributed by atoms with Crippen molar-refractivity contribution in [1.29, 1.82) is 5.26 Å². The summed E-state index contributed by atoms with van der Waals surface area (Å²) in [6.45, 7) is 4.16. The van der Waals surface area contributed by atoms with Gasteiger partial charge in [0, 0.05) is 45.8 Å². The quantitative estimate of drug-likeness (QED) is 0.407. The zero-order valence-electron chi connectivity index (χ0n) is 21.2. The summed E-state index contributed by atoms with van der Waals surface area (Å²) in [5, 5.41) is 9.86. The van der Waals surface area contributed by atoms with E-state index >= 15 is 4.39 Å². The van der Waals surface area contributed by atoms with Crippen LogP contribution in [-0.2, 0) is 16.6 Å². The molecule has 1 fully saturated rings. The molecule has 0 aliphatic heterocycles. The lowest BCUT2D eigenvalue weighted by molar-refractivity contribution is -0.122. The summed E-state index contributed by atoms with van der Waals surface area (Å²) in [4.78, 5) is 27.8. The first-order valence-corrected chi connectivity index (χ1v) is 13.2. The second-order valence-corrected chi connectivity index (χ2v) is 10.8. The third-order valence-electron chi connectivity index (χ3n) is 8.41. The molecule has 0 amide bonds. The molecule has 37 heavy (non-hydrogen) atoms. The van der Waals surface area contributed by atoms with Crippen LogP contribution in [0.4, 0.5) is 4.39 Å². The minimum absolute atomic E-state index is 0.0280. The molecule has 186 valence electrons. The first-order chi connectivity index (χ1) is 17.9. The first-order valence-electron chi connectivity index (χ1n) is 13.2. The molecule has 0 bridgehead atoms. The van der Waals surface area contributed by atoms with Crippen molar-refractivity contribution in [3.05, 3.63) is 77.0 Å². The molecule has 6 heteroatoms. The maximum absolute atomic E-state index is 15.1. The average Bonchev–Trinajstić information content (AvgIpc) is 3.76. The van der Waals surface area contributed by atoms with E-state index in [-0.39, 0.29) is 29.0 Å². The molecule has 3 aromatic rings. The summed E-state index contributed by atoms with van der Waals surface area (Å²) in [6.07, 6.45) is 8.92. The SMILES string of the molecule is CCC[C@H]1C(=O)C(C#N)=C[C@@]2(C)c3nc(-c4ccnc(C5CC5)c4)nc(-c4ccccc4F)c3CC[C@H]12. The molecule has 3 aliphatic carbocycles. The van der Waals surface area contributed by atoms with E-state index in [1.807, 2.05) is 24.3 Å². The van der Waals surface area contributed by atoms with Crippen LogP contribution in [0.2, 0.25) is 0 Å². The van der Waals surface area contributed by atoms with Crippen LogP contribution in [0.15, 0.2) is 54.2 Å². The second-order valence-electron chi connectivity index (χ2n) is 10.8. The van der Waals surface area contributed by atoms with Gasteiger partial charge in [0.2, 0.25) is 0 Å². The number of nitriles is 1. The highest BCUT2D eigenvalue weighted by Crippen LogP contribution is 2.52. The van der Waals surface area contributed by atoms with E-state index in [1.165, 1.54) is 6.07 Å². The molecular formula is C31H29FN4O. The van der Waals surface area contributed by atoms with Gasteiger partial charge in [-0.05, 0) is 62.3 Å². The topological polar surface area (TPSA) is 79.5 Å². The van der Waals surface area contributed by atoms with Gasteiger partial charge in [-0.3, -0.25) is 9.78 Å². The number of carbonyl (C=O) groups is 1. The number of allylic oxidation sites excluding steroid dienone is 2. The number of halogens is 1. The minimum Gasteiger partial charge on any atom is -0.293 e. The monoisotopic (exact) mass is 492 g/mol. The van der Waals surface area contributed by atoms with Crippen LogP contribution in [0.5, 0.6) is 0 Å². The van der Waals surface area contributed by atoms with Gasteiger partial charge >= 0.3 is 0 Å². The molecule has 6 rings (SSSR count). The van der Waals surface area contributed by atoms with Crippen molar-refractivity contribution in [2.45, 2.75) is 63.7 Å². The number of hydrogen-bond donors (Lipinski definition) is 0. The largest absolute Gasteiger partial charge is 0.293 e. The third kappa shape index (κ3) is 3.89. The van der Waals surface area contributed by atoms with Crippen molar-refractivity contribution in [3.8, 4) is 28.7 Å². The Kier molecular flexibility index (Phi) is 5.75. The molecule has 3 aliphatic rings. The van der Waals surface area contributed by atoms with E-state index in [9.17, 15) is 10.1 Å². The van der Waals surface area contributed by atoms with Crippen LogP contribution in [0, 0.1) is 29.0 Å². The Hall–Kier alpha value is -3.72. The Labute approximate surface area is 216 Å². The molecule has 0 N–H and O–H groups in total. The van der Waals surface area contributed by atoms with Gasteiger partial charge in [-0.1, -0.05) is 38.5 Å². The lowest BCUT2D eigenvalue weighted by atomic mass is 9.56. The summed E-state index contributed by atoms with van der Waals surface area (Å²) < 4.78 is 15.1. The molecule has 0 unspecified atom stereocenters. The number of pyridine rings is 1. The number of aromatic nitrogens is 3. The van der Waals surface area contributed by atoms with Gasteiger partial charge in [0.25, 0.3) is 0 Å². The van der Waals surface area contributed by atoms with Crippen molar-refractivity contribution in [1.82, 2.24) is 15.0 Å². The highest BCUT2D eigenvalue weighted by atomic mass is 19.1. The zero-order valence-corrected chi connectivity index (χ0v) is 21.2. The smallest absolute Gasteiger partial charge is 0.176 e. The molecule has 1 aromatic carbocycles. The summed E-state index contributed by atoms with van der Waals surface area (Å²) in [5.74, 6) is 0.429. The third-order valence-corrected chi connectivity index (χ3v) is 8.41. The fraction of sp³-hybridized carbons (Fsp3) is 0.387. The Morgan fingerprint density at radius 1 is 1.16 bits per heavy atom. The predicted molar refractivity (Wildman–Crippen MR) is 139 cm³/mol. The number of ketones is 1. The van der Waals surface area contributed by atoms with Gasteiger partial charge in [-0.25, -0.2) is 14.4 Å². The molecule has 0 saturated heterocycles. The molecular weight excluding hydrogens is 463 g/mol. The van der Waals surface area contributed by atoms with Crippen LogP contribution in [0.25, 0.3) is 22.6 Å². The lowest BCUT2D eigenvalue weighted by Gasteiger charge is -2.46. The van der Waals surface area contributed by atoms with Crippen LogP contribution < -0.4 is 0 Å². The standard InChI is InChI=1S/C31H29FN4O/c1-3-6-21-24-12-11-23-27(22-7-4-5-8-25(22)32)35-30(19-13-14-34-26(15-19)18-9-10-18)36-29(23)31(24,2)16-20(17-33)28(21)37/h4-5,7-8,13-16,18,21,24H,3,6,9-12H2,1-2H3/t21-,24-,31-/m1/s1. The van der Waals surface area contributed by atoms with Crippen molar-refractivity contribution in [2.24, 2.45) is 11.8 Å². The Morgan fingerprint density at radius 2 is 1.97 bits per heavy atom. The van der Waals surface area contributed by atoms with E-state index in [2.05, 4.69) is 24.9 Å². The number of hydrogen-bond acceptors (Lipinski definition) is 5. The van der Waals surface area contributed by atoms with Crippen molar-refractivity contribution >= 4 is 5.78 Å². The van der Waals surface area contributed by atoms with E-state index in [0.717, 1.165) is 54.6 Å². The zero-order chi connectivity index (χ0) is 25.7. The fourth-order valence-corrected chi connectivity index (χ4v) is 6.42. The number of benzene rings is 1. The molecule has 3 atom stereocenters. The highest BCUT2D eigenvalue weighted by molar-refractivity contribution is 6.02. The maximum atomic E-state index is 15.1. The Bertz CT molecular complexity index is 1480. The van der Waals surface area contributed by atoms with Crippen molar-refractivity contribution < 1.29 is 9.18 Å². The van der Waals surface area contributed by atoms with Gasteiger partial charge < -0.3 is 0 Å². The van der Waals surface area contributed by atoms with Crippen molar-refractivity contribution in [2.75, 3.05) is 0 Å². The fourth-order valence-electron chi connectivity index (χ4n) is 6.42. The van der Waals surface area contributed by atoms with Crippen LogP contribution in [-0.4, -0.2) is 20.7 Å². The van der Waals surface area contributed by atoms with Crippen molar-refractivity contribution in [3.63, 3.8) is 0 Å². The first kappa shape index (κ1) is 23.7. The number of nitrogens with zero attached hydrogens (tertiary/aromatic N) is 4. The van der Waals surface area contributed by atoms with E-state index < -0.39 is 5.41 Å². The van der Waals surface area contributed by atoms with Crippen LogP contribution in [0.3, 0.4) is 0 Å². The maximum Gasteiger partial charge on any atom is 0.176 e. The van der Waals surface area contributed by atoms with Crippen LogP contribution in [0.1, 0.15) is 68.8 Å². The molecule has 2 aromatic heterocycles. The minimum atomic E-state index is -0.629.